The summed E-state index contributed by atoms with van der Waals surface area (Å²) in [7, 11) is 5.61. The predicted molar refractivity (Wildman–Crippen MR) is 139 cm³/mol. The average molecular weight is 497 g/mol. The number of carbonyl (C=O) groups is 1. The number of aliphatic hydroxyl groups is 1. The lowest BCUT2D eigenvalue weighted by Crippen LogP contribution is -2.53. The molecule has 1 amide bonds. The van der Waals surface area contributed by atoms with Crippen molar-refractivity contribution < 1.29 is 14.6 Å². The van der Waals surface area contributed by atoms with E-state index in [0.29, 0.717) is 35.7 Å². The fourth-order valence-corrected chi connectivity index (χ4v) is 4.60. The second kappa shape index (κ2) is 10.8. The molecule has 1 aliphatic rings. The molecule has 4 unspecified atom stereocenters. The molecule has 5 atom stereocenters. The van der Waals surface area contributed by atoms with Gasteiger partial charge in [0.05, 0.1) is 24.5 Å². The summed E-state index contributed by atoms with van der Waals surface area (Å²) in [5.74, 6) is 0.632. The van der Waals surface area contributed by atoms with E-state index in [0.717, 1.165) is 11.3 Å². The molecule has 0 spiro atoms. The zero-order chi connectivity index (χ0) is 26.0. The van der Waals surface area contributed by atoms with E-state index in [4.69, 9.17) is 10.5 Å². The van der Waals surface area contributed by atoms with Crippen LogP contribution in [0.5, 0.6) is 0 Å². The van der Waals surface area contributed by atoms with Crippen LogP contribution in [-0.2, 0) is 16.0 Å². The zero-order valence-electron chi connectivity index (χ0n) is 21.4. The first-order chi connectivity index (χ1) is 17.2. The van der Waals surface area contributed by atoms with Crippen LogP contribution in [0.4, 0.5) is 11.5 Å². The summed E-state index contributed by atoms with van der Waals surface area (Å²) in [4.78, 5) is 28.1. The van der Waals surface area contributed by atoms with Gasteiger partial charge in [-0.3, -0.25) is 9.36 Å². The predicted octanol–water partition coefficient (Wildman–Crippen LogP) is 1.29. The third kappa shape index (κ3) is 5.28. The lowest BCUT2D eigenvalue weighted by atomic mass is 9.97. The van der Waals surface area contributed by atoms with Gasteiger partial charge in [0.2, 0.25) is 5.91 Å². The lowest BCUT2D eigenvalue weighted by Gasteiger charge is -2.24. The van der Waals surface area contributed by atoms with E-state index in [1.807, 2.05) is 50.3 Å². The van der Waals surface area contributed by atoms with Crippen LogP contribution in [-0.4, -0.2) is 76.0 Å². The minimum atomic E-state index is -1.02. The van der Waals surface area contributed by atoms with Crippen molar-refractivity contribution in [2.75, 3.05) is 31.4 Å². The van der Waals surface area contributed by atoms with E-state index in [-0.39, 0.29) is 5.91 Å². The third-order valence-electron chi connectivity index (χ3n) is 6.46. The van der Waals surface area contributed by atoms with Crippen LogP contribution < -0.4 is 21.3 Å². The molecule has 1 saturated heterocycles. The maximum absolute atomic E-state index is 13.1. The van der Waals surface area contributed by atoms with Gasteiger partial charge in [-0.15, -0.1) is 0 Å². The Hall–Kier alpha value is -3.28. The molecular formula is C25H36N8O3. The number of aromatic nitrogens is 4. The highest BCUT2D eigenvalue weighted by Crippen LogP contribution is 2.35. The van der Waals surface area contributed by atoms with Gasteiger partial charge in [-0.2, -0.15) is 0 Å². The van der Waals surface area contributed by atoms with E-state index in [1.54, 1.807) is 10.9 Å². The molecule has 0 aliphatic carbocycles. The Kier molecular flexibility index (Phi) is 7.72. The van der Waals surface area contributed by atoms with Crippen LogP contribution in [0.1, 0.15) is 32.1 Å². The van der Waals surface area contributed by atoms with Gasteiger partial charge < -0.3 is 31.1 Å². The standard InChI is InChI=1S/C25H36N8O3/c1-14(2)10-18-19(31-24(35)17(26)11-15-6-8-16(27-3)9-7-15)21(34)25(36-18)33-13-30-20-22(32(4)5)28-12-29-23(20)33/h6-9,12-14,17-19,21,25,27,34H,10-11,26H2,1-5H3,(H,31,35)/t17-,18?,19?,21?,25?/m0/s1. The highest BCUT2D eigenvalue weighted by atomic mass is 16.5. The van der Waals surface area contributed by atoms with Gasteiger partial charge in [0, 0.05) is 26.8 Å². The molecule has 11 heteroatoms. The number of ether oxygens (including phenoxy) is 1. The summed E-state index contributed by atoms with van der Waals surface area (Å²) in [5, 5.41) is 17.4. The minimum absolute atomic E-state index is 0.293. The average Bonchev–Trinajstić information content (AvgIpc) is 3.40. The Labute approximate surface area is 211 Å². The van der Waals surface area contributed by atoms with Crippen LogP contribution in [0.3, 0.4) is 0 Å². The summed E-state index contributed by atoms with van der Waals surface area (Å²) in [5.41, 5.74) is 9.35. The monoisotopic (exact) mass is 496 g/mol. The number of nitrogens with zero attached hydrogens (tertiary/aromatic N) is 5. The van der Waals surface area contributed by atoms with Crippen molar-refractivity contribution in [3.05, 3.63) is 42.5 Å². The number of fused-ring (bicyclic) bond motifs is 1. The number of carbonyl (C=O) groups excluding carboxylic acids is 1. The topological polar surface area (TPSA) is 143 Å². The number of nitrogens with one attached hydrogen (secondary N) is 2. The second-order valence-corrected chi connectivity index (χ2v) is 9.89. The number of nitrogens with two attached hydrogens (primary N) is 1. The smallest absolute Gasteiger partial charge is 0.237 e. The van der Waals surface area contributed by atoms with Crippen molar-refractivity contribution in [2.24, 2.45) is 11.7 Å². The molecule has 3 aromatic rings. The van der Waals surface area contributed by atoms with E-state index < -0.39 is 30.5 Å². The fraction of sp³-hybridized carbons (Fsp3) is 0.520. The molecule has 4 rings (SSSR count). The quantitative estimate of drug-likeness (QED) is 0.344. The highest BCUT2D eigenvalue weighted by molar-refractivity contribution is 5.83. The van der Waals surface area contributed by atoms with Crippen molar-refractivity contribution >= 4 is 28.6 Å². The highest BCUT2D eigenvalue weighted by Gasteiger charge is 2.46. The van der Waals surface area contributed by atoms with Crippen LogP contribution in [0.2, 0.25) is 0 Å². The minimum Gasteiger partial charge on any atom is -0.388 e. The number of aliphatic hydroxyl groups excluding tert-OH is 1. The molecule has 1 fully saturated rings. The van der Waals surface area contributed by atoms with Crippen LogP contribution in [0, 0.1) is 5.92 Å². The molecule has 194 valence electrons. The van der Waals surface area contributed by atoms with Crippen LogP contribution >= 0.6 is 0 Å². The number of amides is 1. The summed E-state index contributed by atoms with van der Waals surface area (Å²) in [6.45, 7) is 4.15. The number of rotatable bonds is 9. The molecule has 0 bridgehead atoms. The Morgan fingerprint density at radius 2 is 1.94 bits per heavy atom. The van der Waals surface area contributed by atoms with E-state index in [2.05, 4.69) is 39.4 Å². The third-order valence-corrected chi connectivity index (χ3v) is 6.46. The van der Waals surface area contributed by atoms with Crippen molar-refractivity contribution in [3.8, 4) is 0 Å². The molecule has 3 heterocycles. The van der Waals surface area contributed by atoms with Gasteiger partial charge in [-0.05, 0) is 36.5 Å². The van der Waals surface area contributed by atoms with Crippen molar-refractivity contribution in [1.82, 2.24) is 24.8 Å². The van der Waals surface area contributed by atoms with Crippen LogP contribution in [0.15, 0.2) is 36.9 Å². The van der Waals surface area contributed by atoms with Gasteiger partial charge in [-0.25, -0.2) is 15.0 Å². The zero-order valence-corrected chi connectivity index (χ0v) is 21.4. The van der Waals surface area contributed by atoms with E-state index in [1.165, 1.54) is 6.33 Å². The SMILES string of the molecule is CNc1ccc(C[C@H](N)C(=O)NC2C(CC(C)C)OC(n3cnc4c(N(C)C)ncnc43)C2O)cc1. The number of hydrogen-bond donors (Lipinski definition) is 4. The summed E-state index contributed by atoms with van der Waals surface area (Å²) in [6.07, 6.45) is 1.91. The van der Waals surface area contributed by atoms with Gasteiger partial charge in [0.1, 0.15) is 12.4 Å². The van der Waals surface area contributed by atoms with Crippen LogP contribution in [0.25, 0.3) is 11.2 Å². The maximum Gasteiger partial charge on any atom is 0.237 e. The molecule has 0 saturated carbocycles. The van der Waals surface area contributed by atoms with Gasteiger partial charge in [0.25, 0.3) is 0 Å². The fourth-order valence-electron chi connectivity index (χ4n) is 4.60. The van der Waals surface area contributed by atoms with Gasteiger partial charge in [-0.1, -0.05) is 26.0 Å². The Balaban J connectivity index is 1.53. The molecule has 5 N–H and O–H groups in total. The Morgan fingerprint density at radius 3 is 2.58 bits per heavy atom. The number of anilines is 2. The summed E-state index contributed by atoms with van der Waals surface area (Å²) < 4.78 is 8.02. The number of benzene rings is 1. The van der Waals surface area contributed by atoms with Gasteiger partial charge in [0.15, 0.2) is 23.2 Å². The molecule has 2 aromatic heterocycles. The first kappa shape index (κ1) is 25.8. The van der Waals surface area contributed by atoms with E-state index >= 15 is 0 Å². The second-order valence-electron chi connectivity index (χ2n) is 9.89. The molecule has 36 heavy (non-hydrogen) atoms. The maximum atomic E-state index is 13.1. The normalized spacial score (nSPS) is 22.7. The van der Waals surface area contributed by atoms with Crippen molar-refractivity contribution in [3.63, 3.8) is 0 Å². The summed E-state index contributed by atoms with van der Waals surface area (Å²) >= 11 is 0. The molecular weight excluding hydrogens is 460 g/mol. The first-order valence-electron chi connectivity index (χ1n) is 12.2. The van der Waals surface area contributed by atoms with Crippen molar-refractivity contribution in [1.29, 1.82) is 0 Å². The summed E-state index contributed by atoms with van der Waals surface area (Å²) in [6, 6.07) is 6.38. The molecule has 0 radical (unpaired) electrons. The largest absolute Gasteiger partial charge is 0.388 e. The Morgan fingerprint density at radius 1 is 1.22 bits per heavy atom. The lowest BCUT2D eigenvalue weighted by molar-refractivity contribution is -0.124. The Bertz CT molecular complexity index is 1180. The number of imidazole rings is 1. The molecule has 1 aliphatic heterocycles. The van der Waals surface area contributed by atoms with Gasteiger partial charge >= 0.3 is 0 Å². The molecule has 1 aromatic carbocycles. The van der Waals surface area contributed by atoms with Crippen molar-refractivity contribution in [2.45, 2.75) is 57.2 Å². The first-order valence-corrected chi connectivity index (χ1v) is 12.2. The van der Waals surface area contributed by atoms with E-state index in [9.17, 15) is 9.90 Å². The number of hydrogen-bond acceptors (Lipinski definition) is 9. The molecule has 11 nitrogen and oxygen atoms in total.